The minimum atomic E-state index is -0.478. The molecule has 0 fully saturated rings. The topological polar surface area (TPSA) is 47.5 Å². The van der Waals surface area contributed by atoms with Crippen molar-refractivity contribution in [2.75, 3.05) is 0 Å². The van der Waals surface area contributed by atoms with Crippen molar-refractivity contribution in [3.8, 4) is 0 Å². The van der Waals surface area contributed by atoms with Gasteiger partial charge in [0.25, 0.3) is 5.69 Å². The van der Waals surface area contributed by atoms with E-state index in [0.29, 0.717) is 11.6 Å². The van der Waals surface area contributed by atoms with E-state index in [4.69, 9.17) is 6.57 Å². The van der Waals surface area contributed by atoms with Gasteiger partial charge in [0.2, 0.25) is 0 Å². The molecule has 0 saturated carbocycles. The molecule has 0 radical (unpaired) electrons. The van der Waals surface area contributed by atoms with Crippen LogP contribution in [0.4, 0.5) is 11.4 Å². The van der Waals surface area contributed by atoms with Gasteiger partial charge in [-0.15, -0.1) is 0 Å². The average Bonchev–Trinajstić information content (AvgIpc) is 2.17. The smallest absolute Gasteiger partial charge is 0.258 e. The Bertz CT molecular complexity index is 419. The van der Waals surface area contributed by atoms with E-state index in [1.807, 2.05) is 0 Å². The summed E-state index contributed by atoms with van der Waals surface area (Å²) < 4.78 is 0. The minimum absolute atomic E-state index is 0.0199. The zero-order valence-electron chi connectivity index (χ0n) is 8.73. The Hall–Kier alpha value is -1.89. The van der Waals surface area contributed by atoms with Gasteiger partial charge in [-0.25, -0.2) is 4.85 Å². The largest absolute Gasteiger partial charge is 0.259 e. The molecule has 0 aliphatic heterocycles. The lowest BCUT2D eigenvalue weighted by Crippen LogP contribution is -1.95. The van der Waals surface area contributed by atoms with E-state index in [2.05, 4.69) is 18.7 Å². The lowest BCUT2D eigenvalue weighted by molar-refractivity contribution is -0.384. The van der Waals surface area contributed by atoms with E-state index >= 15 is 0 Å². The molecule has 0 aliphatic rings. The van der Waals surface area contributed by atoms with Crippen molar-refractivity contribution in [2.24, 2.45) is 5.92 Å². The van der Waals surface area contributed by atoms with Crippen LogP contribution >= 0.6 is 0 Å². The molecule has 0 spiro atoms. The highest BCUT2D eigenvalue weighted by molar-refractivity contribution is 5.58. The number of hydrogen-bond donors (Lipinski definition) is 0. The number of nitro benzene ring substituents is 1. The Morgan fingerprint density at radius 3 is 2.67 bits per heavy atom. The summed E-state index contributed by atoms with van der Waals surface area (Å²) >= 11 is 0. The highest BCUT2D eigenvalue weighted by Crippen LogP contribution is 2.27. The summed E-state index contributed by atoms with van der Waals surface area (Å²) in [5.74, 6) is 0.437. The van der Waals surface area contributed by atoms with Crippen LogP contribution in [0.1, 0.15) is 19.4 Å². The van der Waals surface area contributed by atoms with Crippen molar-refractivity contribution in [1.82, 2.24) is 0 Å². The fourth-order valence-corrected chi connectivity index (χ4v) is 1.38. The van der Waals surface area contributed by atoms with Crippen LogP contribution in [0.3, 0.4) is 0 Å². The number of benzene rings is 1. The summed E-state index contributed by atoms with van der Waals surface area (Å²) in [6.45, 7) is 11.1. The SMILES string of the molecule is [C-]#[N+]c1cc([N+](=O)[O-])ccc1CC(C)C. The van der Waals surface area contributed by atoms with Gasteiger partial charge in [-0.2, -0.15) is 0 Å². The molecule has 0 amide bonds. The Morgan fingerprint density at radius 2 is 2.20 bits per heavy atom. The standard InChI is InChI=1S/C11H12N2O2/c1-8(2)6-9-4-5-10(13(14)15)7-11(9)12-3/h4-5,7-8H,6H2,1-2H3. The number of hydrogen-bond acceptors (Lipinski definition) is 2. The van der Waals surface area contributed by atoms with Gasteiger partial charge >= 0.3 is 0 Å². The van der Waals surface area contributed by atoms with Crippen LogP contribution in [0.15, 0.2) is 18.2 Å². The van der Waals surface area contributed by atoms with Gasteiger partial charge in [-0.05, 0) is 17.9 Å². The third-order valence-corrected chi connectivity index (χ3v) is 2.03. The molecular weight excluding hydrogens is 192 g/mol. The second-order valence-corrected chi connectivity index (χ2v) is 3.78. The minimum Gasteiger partial charge on any atom is -0.258 e. The molecule has 4 nitrogen and oxygen atoms in total. The summed E-state index contributed by atoms with van der Waals surface area (Å²) in [5.41, 5.74) is 1.25. The highest BCUT2D eigenvalue weighted by Gasteiger charge is 2.11. The van der Waals surface area contributed by atoms with E-state index < -0.39 is 4.92 Å². The maximum absolute atomic E-state index is 10.5. The molecule has 0 aromatic heterocycles. The first-order chi connectivity index (χ1) is 7.04. The fraction of sp³-hybridized carbons (Fsp3) is 0.364. The summed E-state index contributed by atoms with van der Waals surface area (Å²) in [4.78, 5) is 13.3. The first-order valence-electron chi connectivity index (χ1n) is 4.69. The summed E-state index contributed by atoms with van der Waals surface area (Å²) in [6, 6.07) is 4.46. The molecule has 1 aromatic carbocycles. The monoisotopic (exact) mass is 204 g/mol. The first-order valence-corrected chi connectivity index (χ1v) is 4.69. The Morgan fingerprint density at radius 1 is 1.53 bits per heavy atom. The van der Waals surface area contributed by atoms with Crippen molar-refractivity contribution in [3.63, 3.8) is 0 Å². The number of non-ortho nitro benzene ring substituents is 1. The first kappa shape index (κ1) is 11.2. The Kier molecular flexibility index (Phi) is 3.40. The van der Waals surface area contributed by atoms with Crippen LogP contribution in [0.25, 0.3) is 4.85 Å². The highest BCUT2D eigenvalue weighted by atomic mass is 16.6. The molecule has 0 aliphatic carbocycles. The summed E-state index contributed by atoms with van der Waals surface area (Å²) in [7, 11) is 0. The zero-order valence-corrected chi connectivity index (χ0v) is 8.73. The van der Waals surface area contributed by atoms with Crippen LogP contribution in [0, 0.1) is 22.6 Å². The molecule has 78 valence electrons. The molecule has 0 atom stereocenters. The molecular formula is C11H12N2O2. The molecule has 0 bridgehead atoms. The Balaban J connectivity index is 3.11. The van der Waals surface area contributed by atoms with Gasteiger partial charge in [-0.1, -0.05) is 19.9 Å². The molecule has 0 N–H and O–H groups in total. The van der Waals surface area contributed by atoms with E-state index in [1.54, 1.807) is 6.07 Å². The van der Waals surface area contributed by atoms with E-state index in [9.17, 15) is 10.1 Å². The van der Waals surface area contributed by atoms with Gasteiger partial charge in [0.1, 0.15) is 0 Å². The van der Waals surface area contributed by atoms with Gasteiger partial charge in [-0.3, -0.25) is 10.1 Å². The molecule has 0 saturated heterocycles. The molecule has 15 heavy (non-hydrogen) atoms. The van der Waals surface area contributed by atoms with E-state index in [0.717, 1.165) is 12.0 Å². The van der Waals surface area contributed by atoms with Crippen molar-refractivity contribution >= 4 is 11.4 Å². The van der Waals surface area contributed by atoms with Crippen LogP contribution in [-0.4, -0.2) is 4.92 Å². The number of nitro groups is 1. The van der Waals surface area contributed by atoms with Gasteiger partial charge in [0.05, 0.1) is 11.5 Å². The predicted molar refractivity (Wildman–Crippen MR) is 57.9 cm³/mol. The second kappa shape index (κ2) is 4.56. The van der Waals surface area contributed by atoms with Crippen LogP contribution in [0.5, 0.6) is 0 Å². The van der Waals surface area contributed by atoms with Crippen molar-refractivity contribution in [1.29, 1.82) is 0 Å². The van der Waals surface area contributed by atoms with Gasteiger partial charge in [0, 0.05) is 12.1 Å². The average molecular weight is 204 g/mol. The number of nitrogens with zero attached hydrogens (tertiary/aromatic N) is 2. The molecule has 0 heterocycles. The zero-order chi connectivity index (χ0) is 11.4. The van der Waals surface area contributed by atoms with Crippen molar-refractivity contribution in [3.05, 3.63) is 45.3 Å². The summed E-state index contributed by atoms with van der Waals surface area (Å²) in [6.07, 6.45) is 0.774. The Labute approximate surface area is 88.5 Å². The van der Waals surface area contributed by atoms with Crippen LogP contribution in [0.2, 0.25) is 0 Å². The third kappa shape index (κ3) is 2.78. The maximum Gasteiger partial charge on any atom is 0.259 e. The molecule has 1 rings (SSSR count). The fourth-order valence-electron chi connectivity index (χ4n) is 1.38. The predicted octanol–water partition coefficient (Wildman–Crippen LogP) is 3.34. The molecule has 4 heteroatoms. The van der Waals surface area contributed by atoms with Crippen molar-refractivity contribution < 1.29 is 4.92 Å². The molecule has 0 unspecified atom stereocenters. The lowest BCUT2D eigenvalue weighted by atomic mass is 10.0. The van der Waals surface area contributed by atoms with Crippen LogP contribution in [-0.2, 0) is 6.42 Å². The number of rotatable bonds is 3. The second-order valence-electron chi connectivity index (χ2n) is 3.78. The molecule has 1 aromatic rings. The maximum atomic E-state index is 10.5. The third-order valence-electron chi connectivity index (χ3n) is 2.03. The van der Waals surface area contributed by atoms with Crippen molar-refractivity contribution in [2.45, 2.75) is 20.3 Å². The van der Waals surface area contributed by atoms with Gasteiger partial charge in [0.15, 0.2) is 5.69 Å². The quantitative estimate of drug-likeness (QED) is 0.430. The van der Waals surface area contributed by atoms with E-state index in [1.165, 1.54) is 12.1 Å². The van der Waals surface area contributed by atoms with Gasteiger partial charge < -0.3 is 0 Å². The lowest BCUT2D eigenvalue weighted by Gasteiger charge is -2.06. The van der Waals surface area contributed by atoms with Crippen LogP contribution < -0.4 is 0 Å². The van der Waals surface area contributed by atoms with E-state index in [-0.39, 0.29) is 5.69 Å². The normalized spacial score (nSPS) is 10.0. The summed E-state index contributed by atoms with van der Waals surface area (Å²) in [5, 5.41) is 10.5.